The average molecular weight is 518 g/mol. The Morgan fingerprint density at radius 3 is 2.29 bits per heavy atom. The molecule has 1 heterocycles. The van der Waals surface area contributed by atoms with E-state index in [1.54, 1.807) is 0 Å². The maximum Gasteiger partial charge on any atom is 0.246 e. The zero-order valence-electron chi connectivity index (χ0n) is 15.1. The highest BCUT2D eigenvalue weighted by molar-refractivity contribution is 14.0. The van der Waals surface area contributed by atoms with Gasteiger partial charge in [-0.25, -0.2) is 9.38 Å². The molecule has 0 aromatic heterocycles. The van der Waals surface area contributed by atoms with Crippen LogP contribution in [0.4, 0.5) is 15.8 Å². The quantitative estimate of drug-likeness (QED) is 0.371. The summed E-state index contributed by atoms with van der Waals surface area (Å²) in [5.74, 6) is -0.308. The molecule has 1 fully saturated rings. The molecule has 28 heavy (non-hydrogen) atoms. The van der Waals surface area contributed by atoms with Crippen LogP contribution in [0.15, 0.2) is 53.5 Å². The fourth-order valence-corrected chi connectivity index (χ4v) is 2.96. The van der Waals surface area contributed by atoms with Gasteiger partial charge in [0.15, 0.2) is 5.96 Å². The van der Waals surface area contributed by atoms with E-state index in [4.69, 9.17) is 17.3 Å². The van der Waals surface area contributed by atoms with Gasteiger partial charge in [0.25, 0.3) is 0 Å². The highest BCUT2D eigenvalue weighted by Gasteiger charge is 2.18. The number of aliphatic imine (C=N–C) groups is 1. The summed E-state index contributed by atoms with van der Waals surface area (Å²) in [5.41, 5.74) is 7.66. The van der Waals surface area contributed by atoms with Gasteiger partial charge in [-0.05, 0) is 48.5 Å². The monoisotopic (exact) mass is 517 g/mol. The summed E-state index contributed by atoms with van der Waals surface area (Å²) in [6.45, 7) is 2.97. The van der Waals surface area contributed by atoms with E-state index < -0.39 is 0 Å². The van der Waals surface area contributed by atoms with E-state index in [-0.39, 0.29) is 42.2 Å². The molecule has 150 valence electrons. The lowest BCUT2D eigenvalue weighted by molar-refractivity contribution is -0.114. The van der Waals surface area contributed by atoms with Crippen LogP contribution < -0.4 is 16.0 Å². The summed E-state index contributed by atoms with van der Waals surface area (Å²) >= 11 is 5.93. The van der Waals surface area contributed by atoms with E-state index >= 15 is 0 Å². The van der Waals surface area contributed by atoms with Crippen LogP contribution in [0, 0.1) is 5.82 Å². The van der Waals surface area contributed by atoms with Gasteiger partial charge >= 0.3 is 0 Å². The van der Waals surface area contributed by atoms with Crippen molar-refractivity contribution in [2.75, 3.05) is 42.9 Å². The Morgan fingerprint density at radius 2 is 1.68 bits per heavy atom. The average Bonchev–Trinajstić information content (AvgIpc) is 2.69. The van der Waals surface area contributed by atoms with Crippen LogP contribution in [0.5, 0.6) is 0 Å². The molecule has 0 spiro atoms. The number of nitrogens with one attached hydrogen (secondary N) is 1. The predicted molar refractivity (Wildman–Crippen MR) is 122 cm³/mol. The van der Waals surface area contributed by atoms with Gasteiger partial charge in [0.05, 0.1) is 0 Å². The second-order valence-corrected chi connectivity index (χ2v) is 6.62. The minimum Gasteiger partial charge on any atom is -0.370 e. The number of rotatable bonds is 4. The number of anilines is 2. The van der Waals surface area contributed by atoms with E-state index in [9.17, 15) is 9.18 Å². The molecular formula is C19H22ClFIN5O. The number of nitrogens with two attached hydrogens (primary N) is 1. The molecule has 3 N–H and O–H groups in total. The Labute approximate surface area is 185 Å². The minimum atomic E-state index is -0.354. The first kappa shape index (κ1) is 22.2. The predicted octanol–water partition coefficient (Wildman–Crippen LogP) is 3.17. The van der Waals surface area contributed by atoms with Crippen LogP contribution in [0.2, 0.25) is 5.02 Å². The number of carbonyl (C=O) groups is 1. The van der Waals surface area contributed by atoms with Crippen LogP contribution in [0.1, 0.15) is 0 Å². The van der Waals surface area contributed by atoms with Gasteiger partial charge in [-0.3, -0.25) is 4.79 Å². The summed E-state index contributed by atoms with van der Waals surface area (Å²) in [6, 6.07) is 13.3. The van der Waals surface area contributed by atoms with Crippen LogP contribution in [-0.4, -0.2) is 49.5 Å². The smallest absolute Gasteiger partial charge is 0.246 e. The molecule has 1 amide bonds. The molecule has 1 aliphatic heterocycles. The molecule has 0 aliphatic carbocycles. The number of amides is 1. The van der Waals surface area contributed by atoms with Crippen LogP contribution >= 0.6 is 35.6 Å². The molecule has 9 heteroatoms. The zero-order chi connectivity index (χ0) is 19.2. The molecule has 3 rings (SSSR count). The first-order valence-electron chi connectivity index (χ1n) is 8.62. The number of hydrogen-bond donors (Lipinski definition) is 2. The van der Waals surface area contributed by atoms with Crippen LogP contribution in [0.3, 0.4) is 0 Å². The Hall–Kier alpha value is -2.07. The molecule has 2 aromatic carbocycles. The van der Waals surface area contributed by atoms with Crippen molar-refractivity contribution in [1.82, 2.24) is 4.90 Å². The summed E-state index contributed by atoms with van der Waals surface area (Å²) in [4.78, 5) is 20.3. The summed E-state index contributed by atoms with van der Waals surface area (Å²) in [5, 5.41) is 3.37. The number of piperazine rings is 1. The second-order valence-electron chi connectivity index (χ2n) is 6.18. The van der Waals surface area contributed by atoms with E-state index in [0.29, 0.717) is 16.7 Å². The van der Waals surface area contributed by atoms with Gasteiger partial charge in [0, 0.05) is 42.6 Å². The third kappa shape index (κ3) is 6.23. The molecule has 1 aliphatic rings. The Morgan fingerprint density at radius 1 is 1.07 bits per heavy atom. The first-order chi connectivity index (χ1) is 13.0. The maximum atomic E-state index is 12.9. The van der Waals surface area contributed by atoms with Crippen molar-refractivity contribution < 1.29 is 9.18 Å². The van der Waals surface area contributed by atoms with Gasteiger partial charge < -0.3 is 20.9 Å². The van der Waals surface area contributed by atoms with Crippen molar-refractivity contribution in [3.63, 3.8) is 0 Å². The maximum absolute atomic E-state index is 12.9. The highest BCUT2D eigenvalue weighted by atomic mass is 127. The number of halogens is 3. The number of hydrogen-bond acceptors (Lipinski definition) is 3. The lowest BCUT2D eigenvalue weighted by atomic mass is 10.2. The largest absolute Gasteiger partial charge is 0.370 e. The molecule has 0 atom stereocenters. The Kier molecular flexibility index (Phi) is 8.31. The minimum absolute atomic E-state index is 0. The second kappa shape index (κ2) is 10.5. The fourth-order valence-electron chi connectivity index (χ4n) is 2.83. The lowest BCUT2D eigenvalue weighted by Gasteiger charge is -2.36. The molecule has 6 nitrogen and oxygen atoms in total. The van der Waals surface area contributed by atoms with Crippen molar-refractivity contribution >= 4 is 58.8 Å². The summed E-state index contributed by atoms with van der Waals surface area (Å²) < 4.78 is 12.9. The van der Waals surface area contributed by atoms with E-state index in [0.717, 1.165) is 31.9 Å². The number of guanidine groups is 1. The van der Waals surface area contributed by atoms with Crippen molar-refractivity contribution in [1.29, 1.82) is 0 Å². The lowest BCUT2D eigenvalue weighted by Crippen LogP contribution is -2.51. The third-order valence-corrected chi connectivity index (χ3v) is 4.56. The number of nitrogens with zero attached hydrogens (tertiary/aromatic N) is 3. The topological polar surface area (TPSA) is 74.0 Å². The van der Waals surface area contributed by atoms with Crippen LogP contribution in [-0.2, 0) is 4.79 Å². The molecule has 2 aromatic rings. The van der Waals surface area contributed by atoms with Crippen molar-refractivity contribution in [2.45, 2.75) is 0 Å². The molecule has 0 radical (unpaired) electrons. The van der Waals surface area contributed by atoms with Gasteiger partial charge in [0.2, 0.25) is 5.91 Å². The summed E-state index contributed by atoms with van der Waals surface area (Å²) in [6.07, 6.45) is 0. The Bertz CT molecular complexity index is 808. The number of benzene rings is 2. The zero-order valence-corrected chi connectivity index (χ0v) is 18.2. The highest BCUT2D eigenvalue weighted by Crippen LogP contribution is 2.19. The summed E-state index contributed by atoms with van der Waals surface area (Å²) in [7, 11) is 0. The Balaban J connectivity index is 0.00000280. The van der Waals surface area contributed by atoms with Gasteiger partial charge in [0.1, 0.15) is 12.4 Å². The van der Waals surface area contributed by atoms with Crippen LogP contribution in [0.25, 0.3) is 0 Å². The molecule has 0 saturated carbocycles. The van der Waals surface area contributed by atoms with Gasteiger partial charge in [-0.2, -0.15) is 0 Å². The fraction of sp³-hybridized carbons (Fsp3) is 0.263. The molecule has 1 saturated heterocycles. The van der Waals surface area contributed by atoms with E-state index in [1.165, 1.54) is 24.3 Å². The normalized spacial score (nSPS) is 14.4. The van der Waals surface area contributed by atoms with E-state index in [2.05, 4.69) is 15.2 Å². The van der Waals surface area contributed by atoms with Crippen molar-refractivity contribution in [2.24, 2.45) is 10.7 Å². The first-order valence-corrected chi connectivity index (χ1v) is 9.00. The van der Waals surface area contributed by atoms with Gasteiger partial charge in [-0.1, -0.05) is 11.6 Å². The third-order valence-electron chi connectivity index (χ3n) is 4.31. The van der Waals surface area contributed by atoms with Gasteiger partial charge in [-0.15, -0.1) is 24.0 Å². The van der Waals surface area contributed by atoms with Crippen molar-refractivity contribution in [3.8, 4) is 0 Å². The standard InChI is InChI=1S/C19H21ClFN5O.HI/c20-14-1-7-17(8-2-14)25-9-11-26(12-10-25)19(22)23-13-18(27)24-16-5-3-15(21)4-6-16;/h1-8H,9-13H2,(H2,22,23)(H,24,27);1H. The number of carbonyl (C=O) groups excluding carboxylic acids is 1. The SMILES string of the molecule is I.NC(=NCC(=O)Nc1ccc(F)cc1)N1CCN(c2ccc(Cl)cc2)CC1. The molecular weight excluding hydrogens is 496 g/mol. The molecule has 0 unspecified atom stereocenters. The molecule has 0 bridgehead atoms. The van der Waals surface area contributed by atoms with E-state index in [1.807, 2.05) is 29.2 Å². The van der Waals surface area contributed by atoms with Crippen molar-refractivity contribution in [3.05, 3.63) is 59.4 Å².